The van der Waals surface area contributed by atoms with Crippen molar-refractivity contribution in [3.05, 3.63) is 89.4 Å². The molecule has 4 nitrogen and oxygen atoms in total. The third-order valence-electron chi connectivity index (χ3n) is 4.49. The molecule has 0 saturated heterocycles. The second kappa shape index (κ2) is 8.56. The van der Waals surface area contributed by atoms with Gasteiger partial charge in [0.1, 0.15) is 29.0 Å². The quantitative estimate of drug-likeness (QED) is 0.371. The first-order chi connectivity index (χ1) is 14.8. The van der Waals surface area contributed by atoms with Crippen LogP contribution in [0.3, 0.4) is 0 Å². The Morgan fingerprint density at radius 3 is 2.23 bits per heavy atom. The molecule has 4 rings (SSSR count). The average Bonchev–Trinajstić information content (AvgIpc) is 3.17. The fourth-order valence-corrected chi connectivity index (χ4v) is 4.62. The molecule has 0 bridgehead atoms. The molecule has 0 aliphatic carbocycles. The van der Waals surface area contributed by atoms with E-state index in [-0.39, 0.29) is 17.3 Å². The Morgan fingerprint density at radius 2 is 1.58 bits per heavy atom. The normalized spacial score (nSPS) is 11.5. The second-order valence-electron chi connectivity index (χ2n) is 6.83. The lowest BCUT2D eigenvalue weighted by Crippen LogP contribution is -1.97. The predicted octanol–water partition coefficient (Wildman–Crippen LogP) is 5.74. The van der Waals surface area contributed by atoms with E-state index in [0.29, 0.717) is 16.5 Å². The van der Waals surface area contributed by atoms with Gasteiger partial charge in [0.15, 0.2) is 9.84 Å². The molecule has 3 aromatic carbocycles. The summed E-state index contributed by atoms with van der Waals surface area (Å²) in [5.74, 6) is -0.352. The lowest BCUT2D eigenvalue weighted by molar-refractivity contribution is 0.304. The summed E-state index contributed by atoms with van der Waals surface area (Å²) in [4.78, 5) is 5.67. The Bertz CT molecular complexity index is 1320. The van der Waals surface area contributed by atoms with Crippen LogP contribution in [0.25, 0.3) is 21.7 Å². The smallest absolute Gasteiger partial charge is 0.175 e. The summed E-state index contributed by atoms with van der Waals surface area (Å²) in [5.41, 5.74) is 2.13. The lowest BCUT2D eigenvalue weighted by Gasteiger charge is -2.04. The Hall–Kier alpha value is -3.10. The van der Waals surface area contributed by atoms with E-state index in [0.717, 1.165) is 22.3 Å². The standard InChI is InChI=1S/C23H17F2NO3S2/c1-31(27,28)20-11-7-15(8-12-20)22-23(16-5-9-17(24)10-6-16)30-21(26-22)14-29-19-4-2-3-18(25)13-19/h2-13H,14H2,1H3. The Morgan fingerprint density at radius 1 is 0.903 bits per heavy atom. The van der Waals surface area contributed by atoms with Crippen molar-refractivity contribution in [2.75, 3.05) is 6.26 Å². The molecule has 0 unspecified atom stereocenters. The monoisotopic (exact) mass is 457 g/mol. The molecule has 0 fully saturated rings. The zero-order valence-corrected chi connectivity index (χ0v) is 18.0. The maximum Gasteiger partial charge on any atom is 0.175 e. The summed E-state index contributed by atoms with van der Waals surface area (Å²) in [6, 6.07) is 18.3. The molecular formula is C23H17F2NO3S2. The van der Waals surface area contributed by atoms with Gasteiger partial charge in [-0.05, 0) is 42.0 Å². The SMILES string of the molecule is CS(=O)(=O)c1ccc(-c2nc(COc3cccc(F)c3)sc2-c2ccc(F)cc2)cc1. The molecule has 1 heterocycles. The zero-order valence-electron chi connectivity index (χ0n) is 16.4. The largest absolute Gasteiger partial charge is 0.486 e. The van der Waals surface area contributed by atoms with E-state index in [1.807, 2.05) is 0 Å². The van der Waals surface area contributed by atoms with Gasteiger partial charge in [-0.1, -0.05) is 30.3 Å². The fourth-order valence-electron chi connectivity index (χ4n) is 2.98. The number of hydrogen-bond acceptors (Lipinski definition) is 5. The van der Waals surface area contributed by atoms with Gasteiger partial charge in [0.05, 0.1) is 15.5 Å². The van der Waals surface area contributed by atoms with E-state index in [4.69, 9.17) is 4.74 Å². The number of aromatic nitrogens is 1. The highest BCUT2D eigenvalue weighted by Crippen LogP contribution is 2.37. The minimum absolute atomic E-state index is 0.129. The van der Waals surface area contributed by atoms with Crippen molar-refractivity contribution in [2.24, 2.45) is 0 Å². The van der Waals surface area contributed by atoms with Crippen molar-refractivity contribution in [1.29, 1.82) is 0 Å². The molecule has 0 radical (unpaired) electrons. The molecule has 4 aromatic rings. The van der Waals surface area contributed by atoms with Gasteiger partial charge in [0, 0.05) is 17.9 Å². The van der Waals surface area contributed by atoms with Crippen LogP contribution in [-0.2, 0) is 16.4 Å². The van der Waals surface area contributed by atoms with Crippen LogP contribution in [0.5, 0.6) is 5.75 Å². The van der Waals surface area contributed by atoms with Crippen molar-refractivity contribution < 1.29 is 21.9 Å². The Kier molecular flexibility index (Phi) is 5.84. The predicted molar refractivity (Wildman–Crippen MR) is 117 cm³/mol. The molecule has 1 aromatic heterocycles. The van der Waals surface area contributed by atoms with Crippen LogP contribution in [0.1, 0.15) is 5.01 Å². The molecule has 0 N–H and O–H groups in total. The first kappa shape index (κ1) is 21.1. The van der Waals surface area contributed by atoms with Gasteiger partial charge in [0.2, 0.25) is 0 Å². The Balaban J connectivity index is 1.71. The third-order valence-corrected chi connectivity index (χ3v) is 6.70. The van der Waals surface area contributed by atoms with Gasteiger partial charge >= 0.3 is 0 Å². The number of halogens is 2. The van der Waals surface area contributed by atoms with Gasteiger partial charge in [-0.3, -0.25) is 0 Å². The molecule has 0 spiro atoms. The summed E-state index contributed by atoms with van der Waals surface area (Å²) in [6.07, 6.45) is 1.15. The number of benzene rings is 3. The topological polar surface area (TPSA) is 56.3 Å². The van der Waals surface area contributed by atoms with Gasteiger partial charge in [0.25, 0.3) is 0 Å². The molecule has 158 valence electrons. The first-order valence-corrected chi connectivity index (χ1v) is 11.9. The summed E-state index contributed by atoms with van der Waals surface area (Å²) in [6.45, 7) is 0.129. The number of sulfone groups is 1. The summed E-state index contributed by atoms with van der Waals surface area (Å²) < 4.78 is 56.0. The van der Waals surface area contributed by atoms with Crippen LogP contribution in [0.4, 0.5) is 8.78 Å². The van der Waals surface area contributed by atoms with Crippen molar-refractivity contribution >= 4 is 21.2 Å². The lowest BCUT2D eigenvalue weighted by atomic mass is 10.1. The number of nitrogens with zero attached hydrogens (tertiary/aromatic N) is 1. The molecule has 0 atom stereocenters. The van der Waals surface area contributed by atoms with Gasteiger partial charge in [-0.2, -0.15) is 0 Å². The molecule has 0 aliphatic rings. The molecule has 8 heteroatoms. The minimum atomic E-state index is -3.32. The van der Waals surface area contributed by atoms with Crippen LogP contribution in [0, 0.1) is 11.6 Å². The molecule has 31 heavy (non-hydrogen) atoms. The van der Waals surface area contributed by atoms with Crippen LogP contribution in [0.15, 0.2) is 77.7 Å². The van der Waals surface area contributed by atoms with Gasteiger partial charge in [-0.25, -0.2) is 22.2 Å². The molecule has 0 amide bonds. The van der Waals surface area contributed by atoms with Crippen molar-refractivity contribution in [3.63, 3.8) is 0 Å². The van der Waals surface area contributed by atoms with E-state index >= 15 is 0 Å². The first-order valence-electron chi connectivity index (χ1n) is 9.24. The van der Waals surface area contributed by atoms with Gasteiger partial charge < -0.3 is 4.74 Å². The molecule has 0 aliphatic heterocycles. The highest BCUT2D eigenvalue weighted by molar-refractivity contribution is 7.90. The highest BCUT2D eigenvalue weighted by Gasteiger charge is 2.17. The van der Waals surface area contributed by atoms with Crippen molar-refractivity contribution in [3.8, 4) is 27.4 Å². The van der Waals surface area contributed by atoms with Crippen molar-refractivity contribution in [2.45, 2.75) is 11.5 Å². The summed E-state index contributed by atoms with van der Waals surface area (Å²) in [5, 5.41) is 0.644. The van der Waals surface area contributed by atoms with Crippen molar-refractivity contribution in [1.82, 2.24) is 4.98 Å². The fraction of sp³-hybridized carbons (Fsp3) is 0.0870. The maximum absolute atomic E-state index is 13.4. The number of thiazole rings is 1. The summed E-state index contributed by atoms with van der Waals surface area (Å²) in [7, 11) is -3.32. The van der Waals surface area contributed by atoms with Gasteiger partial charge in [-0.15, -0.1) is 11.3 Å². The number of ether oxygens (including phenoxy) is 1. The summed E-state index contributed by atoms with van der Waals surface area (Å²) >= 11 is 1.38. The second-order valence-corrected chi connectivity index (χ2v) is 9.93. The average molecular weight is 458 g/mol. The van der Waals surface area contributed by atoms with E-state index in [9.17, 15) is 17.2 Å². The van der Waals surface area contributed by atoms with Crippen LogP contribution < -0.4 is 4.74 Å². The third kappa shape index (κ3) is 4.98. The zero-order chi connectivity index (χ0) is 22.0. The minimum Gasteiger partial charge on any atom is -0.486 e. The van der Waals surface area contributed by atoms with E-state index < -0.39 is 15.7 Å². The molecular weight excluding hydrogens is 440 g/mol. The Labute approximate surface area is 182 Å². The number of hydrogen-bond donors (Lipinski definition) is 0. The number of rotatable bonds is 6. The van der Waals surface area contributed by atoms with E-state index in [2.05, 4.69) is 4.98 Å². The molecule has 0 saturated carbocycles. The van der Waals surface area contributed by atoms with E-state index in [1.165, 1.54) is 47.7 Å². The van der Waals surface area contributed by atoms with Crippen LogP contribution in [-0.4, -0.2) is 19.7 Å². The van der Waals surface area contributed by atoms with Crippen LogP contribution in [0.2, 0.25) is 0 Å². The van der Waals surface area contributed by atoms with E-state index in [1.54, 1.807) is 36.4 Å². The highest BCUT2D eigenvalue weighted by atomic mass is 32.2. The maximum atomic E-state index is 13.4. The van der Waals surface area contributed by atoms with Crippen LogP contribution >= 0.6 is 11.3 Å².